The maximum atomic E-state index is 4.25. The van der Waals surface area contributed by atoms with Crippen LogP contribution in [0.5, 0.6) is 0 Å². The van der Waals surface area contributed by atoms with Crippen LogP contribution in [0.1, 0.15) is 0 Å². The molecule has 2 heterocycles. The van der Waals surface area contributed by atoms with Crippen LogP contribution in [-0.4, -0.2) is 20.2 Å². The minimum Gasteiger partial charge on any atom is -0.250 e. The zero-order valence-corrected chi connectivity index (χ0v) is 9.16. The van der Waals surface area contributed by atoms with Crippen molar-refractivity contribution in [3.05, 3.63) is 42.7 Å². The Morgan fingerprint density at radius 1 is 1.00 bits per heavy atom. The van der Waals surface area contributed by atoms with E-state index in [2.05, 4.69) is 20.2 Å². The van der Waals surface area contributed by atoms with Gasteiger partial charge in [-0.1, -0.05) is 23.9 Å². The lowest BCUT2D eigenvalue weighted by molar-refractivity contribution is 1.11. The molecule has 2 aromatic heterocycles. The van der Waals surface area contributed by atoms with Crippen molar-refractivity contribution in [1.29, 1.82) is 0 Å². The van der Waals surface area contributed by atoms with E-state index in [-0.39, 0.29) is 0 Å². The van der Waals surface area contributed by atoms with Crippen LogP contribution in [0.3, 0.4) is 0 Å². The van der Waals surface area contributed by atoms with Gasteiger partial charge < -0.3 is 0 Å². The minimum atomic E-state index is 0.933. The fraction of sp³-hybridized carbons (Fsp3) is 0. The van der Waals surface area contributed by atoms with E-state index in [1.165, 1.54) is 0 Å². The lowest BCUT2D eigenvalue weighted by Crippen LogP contribution is -2.06. The Morgan fingerprint density at radius 3 is 2.57 bits per heavy atom. The van der Waals surface area contributed by atoms with Crippen molar-refractivity contribution in [3.63, 3.8) is 0 Å². The minimum absolute atomic E-state index is 0.933. The Labute approximate surface area is 90.2 Å². The molecule has 0 spiro atoms. The van der Waals surface area contributed by atoms with Gasteiger partial charge in [0.05, 0.1) is 10.2 Å². The summed E-state index contributed by atoms with van der Waals surface area (Å²) >= 11 is 1.54. The molecule has 2 rings (SSSR count). The summed E-state index contributed by atoms with van der Waals surface area (Å²) in [5.74, 6) is 0. The number of nitrogens with zero attached hydrogens (tertiary/aromatic N) is 2. The summed E-state index contributed by atoms with van der Waals surface area (Å²) in [7, 11) is 3.49. The maximum Gasteiger partial charge on any atom is 0.102 e. The molecule has 14 heavy (non-hydrogen) atoms. The molecule has 0 aromatic carbocycles. The molecule has 0 saturated carbocycles. The van der Waals surface area contributed by atoms with Crippen LogP contribution in [0, 0.1) is 0 Å². The lowest BCUT2D eigenvalue weighted by atomic mass is 10.5. The third kappa shape index (κ3) is 2.21. The van der Waals surface area contributed by atoms with Gasteiger partial charge in [0.1, 0.15) is 10.1 Å². The third-order valence-electron chi connectivity index (χ3n) is 1.61. The molecular formula is C10H7N2SSi. The number of rotatable bonds is 2. The van der Waals surface area contributed by atoms with Crippen molar-refractivity contribution >= 4 is 27.2 Å². The van der Waals surface area contributed by atoms with E-state index in [4.69, 9.17) is 0 Å². The van der Waals surface area contributed by atoms with Gasteiger partial charge in [-0.15, -0.1) is 0 Å². The highest BCUT2D eigenvalue weighted by molar-refractivity contribution is 7.99. The molecule has 0 bridgehead atoms. The van der Waals surface area contributed by atoms with E-state index in [1.807, 2.05) is 30.3 Å². The van der Waals surface area contributed by atoms with Crippen molar-refractivity contribution in [3.8, 4) is 0 Å². The zero-order chi connectivity index (χ0) is 9.80. The Morgan fingerprint density at radius 2 is 1.86 bits per heavy atom. The second-order valence-corrected chi connectivity index (χ2v) is 4.17. The predicted octanol–water partition coefficient (Wildman–Crippen LogP) is 1.42. The van der Waals surface area contributed by atoms with Crippen LogP contribution >= 0.6 is 11.8 Å². The van der Waals surface area contributed by atoms with Gasteiger partial charge in [0.2, 0.25) is 0 Å². The van der Waals surface area contributed by atoms with Crippen molar-refractivity contribution in [2.75, 3.05) is 0 Å². The van der Waals surface area contributed by atoms with Crippen molar-refractivity contribution in [1.82, 2.24) is 9.97 Å². The van der Waals surface area contributed by atoms with Gasteiger partial charge >= 0.3 is 0 Å². The summed E-state index contributed by atoms with van der Waals surface area (Å²) in [5.41, 5.74) is 0. The molecule has 4 heteroatoms. The summed E-state index contributed by atoms with van der Waals surface area (Å²) in [5, 5.41) is 2.87. The summed E-state index contributed by atoms with van der Waals surface area (Å²) in [6, 6.07) is 9.69. The molecule has 2 aromatic rings. The smallest absolute Gasteiger partial charge is 0.102 e. The van der Waals surface area contributed by atoms with E-state index in [0.29, 0.717) is 0 Å². The molecule has 0 N–H and O–H groups in total. The molecule has 67 valence electrons. The topological polar surface area (TPSA) is 25.8 Å². The predicted molar refractivity (Wildman–Crippen MR) is 58.0 cm³/mol. The molecule has 0 unspecified atom stereocenters. The Kier molecular flexibility index (Phi) is 2.95. The highest BCUT2D eigenvalue weighted by Crippen LogP contribution is 2.20. The first kappa shape index (κ1) is 9.42. The molecule has 0 aliphatic carbocycles. The Bertz CT molecular complexity index is 419. The maximum absolute atomic E-state index is 4.25. The number of hydrogen-bond acceptors (Lipinski definition) is 3. The molecule has 0 aliphatic rings. The quantitative estimate of drug-likeness (QED) is 0.709. The van der Waals surface area contributed by atoms with Gasteiger partial charge in [-0.25, -0.2) is 9.97 Å². The number of pyridine rings is 2. The summed E-state index contributed by atoms with van der Waals surface area (Å²) in [6.07, 6.45) is 3.55. The Hall–Kier alpha value is -1.13. The van der Waals surface area contributed by atoms with Crippen molar-refractivity contribution in [2.24, 2.45) is 0 Å². The van der Waals surface area contributed by atoms with Crippen LogP contribution in [0.25, 0.3) is 0 Å². The first-order valence-corrected chi connectivity index (χ1v) is 5.43. The summed E-state index contributed by atoms with van der Waals surface area (Å²) < 4.78 is 0. The number of aromatic nitrogens is 2. The molecule has 2 nitrogen and oxygen atoms in total. The van der Waals surface area contributed by atoms with Crippen molar-refractivity contribution in [2.45, 2.75) is 10.1 Å². The largest absolute Gasteiger partial charge is 0.250 e. The second kappa shape index (κ2) is 4.39. The molecular weight excluding hydrogens is 208 g/mol. The van der Waals surface area contributed by atoms with E-state index in [9.17, 15) is 0 Å². The zero-order valence-electron chi connectivity index (χ0n) is 7.34. The van der Waals surface area contributed by atoms with Gasteiger partial charge in [0, 0.05) is 12.4 Å². The van der Waals surface area contributed by atoms with Gasteiger partial charge in [-0.3, -0.25) is 0 Å². The van der Waals surface area contributed by atoms with E-state index in [1.54, 1.807) is 24.2 Å². The molecule has 0 saturated heterocycles. The molecule has 0 fully saturated rings. The first-order valence-electron chi connectivity index (χ1n) is 4.12. The highest BCUT2D eigenvalue weighted by Gasteiger charge is 2.01. The fourth-order valence-electron chi connectivity index (χ4n) is 0.979. The van der Waals surface area contributed by atoms with Gasteiger partial charge in [-0.2, -0.15) is 0 Å². The SMILES string of the molecule is [Si]c1cccnc1Sc1ccccn1. The summed E-state index contributed by atoms with van der Waals surface area (Å²) in [4.78, 5) is 8.46. The van der Waals surface area contributed by atoms with Gasteiger partial charge in [0.15, 0.2) is 0 Å². The molecule has 0 amide bonds. The van der Waals surface area contributed by atoms with E-state index in [0.717, 1.165) is 15.2 Å². The summed E-state index contributed by atoms with van der Waals surface area (Å²) in [6.45, 7) is 0. The average molecular weight is 215 g/mol. The van der Waals surface area contributed by atoms with E-state index < -0.39 is 0 Å². The van der Waals surface area contributed by atoms with Crippen LogP contribution < -0.4 is 5.19 Å². The standard InChI is InChI=1S/C10H7N2SSi/c14-8-4-3-7-12-10(8)13-9-5-1-2-6-11-9/h1-7H. The van der Waals surface area contributed by atoms with E-state index >= 15 is 0 Å². The van der Waals surface area contributed by atoms with Gasteiger partial charge in [0.25, 0.3) is 0 Å². The monoisotopic (exact) mass is 215 g/mol. The highest BCUT2D eigenvalue weighted by atomic mass is 32.2. The number of hydrogen-bond donors (Lipinski definition) is 0. The normalized spacial score (nSPS) is 10.1. The van der Waals surface area contributed by atoms with Crippen LogP contribution in [-0.2, 0) is 0 Å². The van der Waals surface area contributed by atoms with Crippen molar-refractivity contribution < 1.29 is 0 Å². The first-order chi connectivity index (χ1) is 6.86. The lowest BCUT2D eigenvalue weighted by Gasteiger charge is -2.01. The second-order valence-electron chi connectivity index (χ2n) is 2.63. The van der Waals surface area contributed by atoms with Crippen LogP contribution in [0.15, 0.2) is 52.8 Å². The van der Waals surface area contributed by atoms with Crippen LogP contribution in [0.4, 0.5) is 0 Å². The Balaban J connectivity index is 2.24. The third-order valence-corrected chi connectivity index (χ3v) is 3.16. The average Bonchev–Trinajstić information content (AvgIpc) is 2.23. The van der Waals surface area contributed by atoms with Crippen LogP contribution in [0.2, 0.25) is 0 Å². The molecule has 3 radical (unpaired) electrons. The van der Waals surface area contributed by atoms with Gasteiger partial charge in [-0.05, 0) is 23.4 Å². The fourth-order valence-corrected chi connectivity index (χ4v) is 2.04. The molecule has 0 atom stereocenters. The molecule has 0 aliphatic heterocycles.